The first-order chi connectivity index (χ1) is 8.63. The molecule has 0 unspecified atom stereocenters. The maximum Gasteiger partial charge on any atom is 0.140 e. The normalized spacial score (nSPS) is 11.1. The second kappa shape index (κ2) is 4.30. The Morgan fingerprint density at radius 3 is 2.72 bits per heavy atom. The molecule has 1 N–H and O–H groups in total. The highest BCUT2D eigenvalue weighted by molar-refractivity contribution is 6.33. The van der Waals surface area contributed by atoms with Crippen molar-refractivity contribution in [3.63, 3.8) is 0 Å². The smallest absolute Gasteiger partial charge is 0.140 e. The van der Waals surface area contributed by atoms with Gasteiger partial charge in [0.2, 0.25) is 0 Å². The molecule has 0 aliphatic rings. The van der Waals surface area contributed by atoms with Crippen molar-refractivity contribution in [2.45, 2.75) is 6.92 Å². The first kappa shape index (κ1) is 11.6. The third-order valence-electron chi connectivity index (χ3n) is 2.82. The van der Waals surface area contributed by atoms with E-state index in [2.05, 4.69) is 9.97 Å². The molecule has 18 heavy (non-hydrogen) atoms. The molecule has 0 spiro atoms. The van der Waals surface area contributed by atoms with E-state index in [1.807, 2.05) is 43.3 Å². The number of nitrogens with one attached hydrogen (secondary N) is 1. The molecule has 3 rings (SSSR count). The Balaban J connectivity index is 2.22. The summed E-state index contributed by atoms with van der Waals surface area (Å²) in [6.07, 6.45) is 0. The van der Waals surface area contributed by atoms with Gasteiger partial charge in [-0.25, -0.2) is 4.98 Å². The summed E-state index contributed by atoms with van der Waals surface area (Å²) in [4.78, 5) is 7.77. The van der Waals surface area contributed by atoms with Crippen LogP contribution in [0.15, 0.2) is 36.4 Å². The highest BCUT2D eigenvalue weighted by Crippen LogP contribution is 2.29. The first-order valence-corrected chi connectivity index (χ1v) is 6.31. The molecule has 0 saturated heterocycles. The van der Waals surface area contributed by atoms with Crippen LogP contribution in [-0.2, 0) is 0 Å². The molecule has 0 saturated carbocycles. The van der Waals surface area contributed by atoms with Crippen molar-refractivity contribution in [3.05, 3.63) is 52.0 Å². The summed E-state index contributed by atoms with van der Waals surface area (Å²) in [5, 5.41) is 1.37. The molecule has 0 aliphatic heterocycles. The van der Waals surface area contributed by atoms with Crippen LogP contribution >= 0.6 is 23.2 Å². The van der Waals surface area contributed by atoms with Crippen molar-refractivity contribution in [1.29, 1.82) is 0 Å². The summed E-state index contributed by atoms with van der Waals surface area (Å²) in [6, 6.07) is 11.4. The summed E-state index contributed by atoms with van der Waals surface area (Å²) >= 11 is 12.2. The summed E-state index contributed by atoms with van der Waals surface area (Å²) in [5.41, 5.74) is 3.85. The number of aryl methyl sites for hydroxylation is 1. The van der Waals surface area contributed by atoms with Crippen LogP contribution < -0.4 is 0 Å². The minimum Gasteiger partial charge on any atom is -0.338 e. The third kappa shape index (κ3) is 1.98. The van der Waals surface area contributed by atoms with Crippen LogP contribution in [0.3, 0.4) is 0 Å². The maximum absolute atomic E-state index is 6.20. The third-order valence-corrected chi connectivity index (χ3v) is 3.39. The van der Waals surface area contributed by atoms with E-state index >= 15 is 0 Å². The molecular formula is C14H10Cl2N2. The zero-order valence-electron chi connectivity index (χ0n) is 9.67. The molecule has 1 aromatic heterocycles. The van der Waals surface area contributed by atoms with E-state index < -0.39 is 0 Å². The van der Waals surface area contributed by atoms with Gasteiger partial charge in [0.1, 0.15) is 5.82 Å². The molecule has 90 valence electrons. The van der Waals surface area contributed by atoms with Crippen LogP contribution in [0.25, 0.3) is 22.4 Å². The molecule has 0 amide bonds. The van der Waals surface area contributed by atoms with Crippen LogP contribution in [0.1, 0.15) is 5.56 Å². The van der Waals surface area contributed by atoms with Gasteiger partial charge in [0.25, 0.3) is 0 Å². The van der Waals surface area contributed by atoms with Crippen molar-refractivity contribution >= 4 is 34.2 Å². The summed E-state index contributed by atoms with van der Waals surface area (Å²) in [6.45, 7) is 2.03. The van der Waals surface area contributed by atoms with Gasteiger partial charge in [-0.3, -0.25) is 0 Å². The second-order valence-corrected chi connectivity index (χ2v) is 5.07. The fourth-order valence-electron chi connectivity index (χ4n) is 1.93. The number of nitrogens with zero attached hydrogens (tertiary/aromatic N) is 1. The van der Waals surface area contributed by atoms with Gasteiger partial charge in [0.05, 0.1) is 16.1 Å². The number of hydrogen-bond donors (Lipinski definition) is 1. The van der Waals surface area contributed by atoms with Gasteiger partial charge >= 0.3 is 0 Å². The van der Waals surface area contributed by atoms with Crippen LogP contribution in [0.4, 0.5) is 0 Å². The van der Waals surface area contributed by atoms with E-state index in [4.69, 9.17) is 23.2 Å². The standard InChI is InChI=1S/C14H10Cl2N2/c1-8-2-4-11(16)10(6-8)14-17-12-5-3-9(15)7-13(12)18-14/h2-7H,1H3,(H,17,18). The first-order valence-electron chi connectivity index (χ1n) is 5.55. The molecule has 1 heterocycles. The number of aromatic nitrogens is 2. The minimum absolute atomic E-state index is 0.686. The lowest BCUT2D eigenvalue weighted by Gasteiger charge is -2.01. The Bertz CT molecular complexity index is 732. The van der Waals surface area contributed by atoms with Crippen LogP contribution in [-0.4, -0.2) is 9.97 Å². The fourth-order valence-corrected chi connectivity index (χ4v) is 2.31. The van der Waals surface area contributed by atoms with Crippen molar-refractivity contribution in [1.82, 2.24) is 9.97 Å². The predicted molar refractivity (Wildman–Crippen MR) is 76.3 cm³/mol. The average Bonchev–Trinajstić information content (AvgIpc) is 2.74. The molecule has 0 aliphatic carbocycles. The number of hydrogen-bond acceptors (Lipinski definition) is 1. The van der Waals surface area contributed by atoms with Crippen LogP contribution in [0.5, 0.6) is 0 Å². The van der Waals surface area contributed by atoms with Crippen molar-refractivity contribution in [2.75, 3.05) is 0 Å². The number of fused-ring (bicyclic) bond motifs is 1. The molecule has 0 bridgehead atoms. The number of rotatable bonds is 1. The Morgan fingerprint density at radius 1 is 1.06 bits per heavy atom. The molecule has 0 radical (unpaired) electrons. The highest BCUT2D eigenvalue weighted by Gasteiger charge is 2.09. The number of aromatic amines is 1. The number of imidazole rings is 1. The van der Waals surface area contributed by atoms with E-state index in [0.717, 1.165) is 28.0 Å². The zero-order chi connectivity index (χ0) is 12.7. The van der Waals surface area contributed by atoms with Gasteiger partial charge in [-0.15, -0.1) is 0 Å². The van der Waals surface area contributed by atoms with E-state index in [9.17, 15) is 0 Å². The molecule has 2 nitrogen and oxygen atoms in total. The van der Waals surface area contributed by atoms with Crippen LogP contribution in [0.2, 0.25) is 10.0 Å². The molecule has 4 heteroatoms. The Labute approximate surface area is 115 Å². The summed E-state index contributed by atoms with van der Waals surface area (Å²) in [5.74, 6) is 0.765. The molecule has 2 aromatic carbocycles. The number of halogens is 2. The van der Waals surface area contributed by atoms with E-state index in [0.29, 0.717) is 10.0 Å². The zero-order valence-corrected chi connectivity index (χ0v) is 11.2. The van der Waals surface area contributed by atoms with Gasteiger partial charge in [0, 0.05) is 10.6 Å². The highest BCUT2D eigenvalue weighted by atomic mass is 35.5. The monoisotopic (exact) mass is 276 g/mol. The Morgan fingerprint density at radius 2 is 1.89 bits per heavy atom. The topological polar surface area (TPSA) is 28.7 Å². The fraction of sp³-hybridized carbons (Fsp3) is 0.0714. The van der Waals surface area contributed by atoms with Gasteiger partial charge in [-0.1, -0.05) is 34.8 Å². The molecule has 3 aromatic rings. The van der Waals surface area contributed by atoms with E-state index in [1.165, 1.54) is 0 Å². The second-order valence-electron chi connectivity index (χ2n) is 4.23. The summed E-state index contributed by atoms with van der Waals surface area (Å²) < 4.78 is 0. The van der Waals surface area contributed by atoms with Gasteiger partial charge in [-0.2, -0.15) is 0 Å². The molecular weight excluding hydrogens is 267 g/mol. The van der Waals surface area contributed by atoms with Gasteiger partial charge in [0.15, 0.2) is 0 Å². The number of H-pyrrole nitrogens is 1. The lowest BCUT2D eigenvalue weighted by atomic mass is 10.1. The van der Waals surface area contributed by atoms with Gasteiger partial charge < -0.3 is 4.98 Å². The van der Waals surface area contributed by atoms with E-state index in [-0.39, 0.29) is 0 Å². The minimum atomic E-state index is 0.686. The van der Waals surface area contributed by atoms with Gasteiger partial charge in [-0.05, 0) is 37.3 Å². The summed E-state index contributed by atoms with van der Waals surface area (Å²) in [7, 11) is 0. The largest absolute Gasteiger partial charge is 0.338 e. The molecule has 0 atom stereocenters. The Kier molecular flexibility index (Phi) is 2.77. The van der Waals surface area contributed by atoms with Crippen molar-refractivity contribution < 1.29 is 0 Å². The molecule has 0 fully saturated rings. The lowest BCUT2D eigenvalue weighted by Crippen LogP contribution is -1.83. The lowest BCUT2D eigenvalue weighted by molar-refractivity contribution is 1.32. The maximum atomic E-state index is 6.20. The quantitative estimate of drug-likeness (QED) is 0.677. The van der Waals surface area contributed by atoms with E-state index in [1.54, 1.807) is 0 Å². The Hall–Kier alpha value is -1.51. The van der Waals surface area contributed by atoms with Crippen LogP contribution in [0, 0.1) is 6.92 Å². The van der Waals surface area contributed by atoms with Crippen molar-refractivity contribution in [2.24, 2.45) is 0 Å². The average molecular weight is 277 g/mol. The number of benzene rings is 2. The predicted octanol–water partition coefficient (Wildman–Crippen LogP) is 4.85. The van der Waals surface area contributed by atoms with Crippen molar-refractivity contribution in [3.8, 4) is 11.4 Å². The SMILES string of the molecule is Cc1ccc(Cl)c(-c2nc3ccc(Cl)cc3[nH]2)c1.